The van der Waals surface area contributed by atoms with Gasteiger partial charge in [-0.25, -0.2) is 0 Å². The Bertz CT molecular complexity index is 226. The normalized spacial score (nSPS) is 22.7. The summed E-state index contributed by atoms with van der Waals surface area (Å²) in [5.74, 6) is 2.55. The summed E-state index contributed by atoms with van der Waals surface area (Å²) in [7, 11) is 0. The lowest BCUT2D eigenvalue weighted by Gasteiger charge is -2.16. The van der Waals surface area contributed by atoms with E-state index in [0.29, 0.717) is 13.0 Å². The third-order valence-electron chi connectivity index (χ3n) is 2.43. The largest absolute Gasteiger partial charge is 0.368 e. The zero-order valence-corrected chi connectivity index (χ0v) is 8.58. The van der Waals surface area contributed by atoms with Crippen LogP contribution in [0.5, 0.6) is 0 Å². The van der Waals surface area contributed by atoms with Crippen LogP contribution in [-0.2, 0) is 9.53 Å². The van der Waals surface area contributed by atoms with Crippen LogP contribution in [0.1, 0.15) is 32.6 Å². The number of hydrogen-bond acceptors (Lipinski definition) is 2. The smallest absolute Gasteiger partial charge is 0.249 e. The summed E-state index contributed by atoms with van der Waals surface area (Å²) in [6, 6.07) is 0.0942. The number of carbonyl (C=O) groups excluding carboxylic acids is 1. The van der Waals surface area contributed by atoms with Gasteiger partial charge in [0.05, 0.1) is 0 Å². The van der Waals surface area contributed by atoms with Crippen molar-refractivity contribution in [2.45, 2.75) is 44.8 Å². The summed E-state index contributed by atoms with van der Waals surface area (Å²) in [4.78, 5) is 11.6. The SMILES string of the molecule is C#CCC(CC)NC(=O)C1CCCO1. The first-order valence-electron chi connectivity index (χ1n) is 5.13. The van der Waals surface area contributed by atoms with E-state index in [2.05, 4.69) is 11.2 Å². The van der Waals surface area contributed by atoms with Gasteiger partial charge in [0, 0.05) is 19.1 Å². The molecule has 1 fully saturated rings. The summed E-state index contributed by atoms with van der Waals surface area (Å²) in [6.07, 6.45) is 8.22. The van der Waals surface area contributed by atoms with Crippen molar-refractivity contribution in [2.75, 3.05) is 6.61 Å². The van der Waals surface area contributed by atoms with Crippen LogP contribution in [0, 0.1) is 12.3 Å². The van der Waals surface area contributed by atoms with Crippen LogP contribution < -0.4 is 5.32 Å². The van der Waals surface area contributed by atoms with Crippen molar-refractivity contribution in [2.24, 2.45) is 0 Å². The van der Waals surface area contributed by atoms with E-state index in [4.69, 9.17) is 11.2 Å². The molecule has 1 saturated heterocycles. The average Bonchev–Trinajstić information content (AvgIpc) is 2.69. The van der Waals surface area contributed by atoms with Crippen molar-refractivity contribution >= 4 is 5.91 Å². The van der Waals surface area contributed by atoms with Gasteiger partial charge in [0.15, 0.2) is 0 Å². The maximum absolute atomic E-state index is 11.6. The number of hydrogen-bond donors (Lipinski definition) is 1. The molecule has 14 heavy (non-hydrogen) atoms. The lowest BCUT2D eigenvalue weighted by molar-refractivity contribution is -0.130. The first kappa shape index (κ1) is 11.1. The standard InChI is InChI=1S/C11H17NO2/c1-3-6-9(4-2)12-11(13)10-7-5-8-14-10/h1,9-10H,4-8H2,2H3,(H,12,13). The number of nitrogens with one attached hydrogen (secondary N) is 1. The number of amides is 1. The summed E-state index contributed by atoms with van der Waals surface area (Å²) in [5.41, 5.74) is 0. The highest BCUT2D eigenvalue weighted by atomic mass is 16.5. The molecule has 0 aromatic heterocycles. The van der Waals surface area contributed by atoms with Crippen LogP contribution >= 0.6 is 0 Å². The molecule has 0 bridgehead atoms. The highest BCUT2D eigenvalue weighted by Gasteiger charge is 2.24. The van der Waals surface area contributed by atoms with Crippen LogP contribution in [0.3, 0.4) is 0 Å². The minimum absolute atomic E-state index is 0.00963. The van der Waals surface area contributed by atoms with Gasteiger partial charge < -0.3 is 10.1 Å². The Balaban J connectivity index is 2.34. The Morgan fingerprint density at radius 2 is 2.57 bits per heavy atom. The Hall–Kier alpha value is -1.01. The molecule has 0 radical (unpaired) electrons. The molecule has 0 spiro atoms. The molecule has 1 rings (SSSR count). The van der Waals surface area contributed by atoms with E-state index in [1.165, 1.54) is 0 Å². The molecule has 1 N–H and O–H groups in total. The first-order chi connectivity index (χ1) is 6.77. The highest BCUT2D eigenvalue weighted by molar-refractivity contribution is 5.81. The van der Waals surface area contributed by atoms with Crippen molar-refractivity contribution in [3.05, 3.63) is 0 Å². The van der Waals surface area contributed by atoms with Gasteiger partial charge in [-0.3, -0.25) is 4.79 Å². The van der Waals surface area contributed by atoms with Gasteiger partial charge in [-0.15, -0.1) is 12.3 Å². The second kappa shape index (κ2) is 5.66. The van der Waals surface area contributed by atoms with Gasteiger partial charge in [-0.05, 0) is 19.3 Å². The fraction of sp³-hybridized carbons (Fsp3) is 0.727. The summed E-state index contributed by atoms with van der Waals surface area (Å²) in [6.45, 7) is 2.71. The van der Waals surface area contributed by atoms with Gasteiger partial charge in [-0.1, -0.05) is 6.92 Å². The van der Waals surface area contributed by atoms with E-state index in [9.17, 15) is 4.79 Å². The molecule has 0 aliphatic carbocycles. The average molecular weight is 195 g/mol. The number of rotatable bonds is 4. The summed E-state index contributed by atoms with van der Waals surface area (Å²) in [5, 5.41) is 2.90. The maximum Gasteiger partial charge on any atom is 0.249 e. The Morgan fingerprint density at radius 1 is 1.79 bits per heavy atom. The third kappa shape index (κ3) is 3.04. The van der Waals surface area contributed by atoms with Gasteiger partial charge in [0.2, 0.25) is 5.91 Å². The zero-order valence-electron chi connectivity index (χ0n) is 8.58. The van der Waals surface area contributed by atoms with E-state index in [1.54, 1.807) is 0 Å². The van der Waals surface area contributed by atoms with E-state index < -0.39 is 0 Å². The van der Waals surface area contributed by atoms with E-state index in [1.807, 2.05) is 6.92 Å². The Labute approximate surface area is 85.2 Å². The molecule has 0 saturated carbocycles. The molecular weight excluding hydrogens is 178 g/mol. The topological polar surface area (TPSA) is 38.3 Å². The maximum atomic E-state index is 11.6. The lowest BCUT2D eigenvalue weighted by atomic mass is 10.1. The van der Waals surface area contributed by atoms with Crippen LogP contribution in [0.25, 0.3) is 0 Å². The van der Waals surface area contributed by atoms with Crippen molar-refractivity contribution in [3.8, 4) is 12.3 Å². The summed E-state index contributed by atoms with van der Waals surface area (Å²) < 4.78 is 5.27. The number of terminal acetylenes is 1. The Morgan fingerprint density at radius 3 is 3.07 bits per heavy atom. The van der Waals surface area contributed by atoms with Crippen molar-refractivity contribution < 1.29 is 9.53 Å². The molecule has 0 aromatic rings. The van der Waals surface area contributed by atoms with Crippen molar-refractivity contribution in [3.63, 3.8) is 0 Å². The first-order valence-corrected chi connectivity index (χ1v) is 5.13. The van der Waals surface area contributed by atoms with Gasteiger partial charge in [-0.2, -0.15) is 0 Å². The molecule has 1 aliphatic heterocycles. The minimum Gasteiger partial charge on any atom is -0.368 e. The fourth-order valence-electron chi connectivity index (χ4n) is 1.52. The molecular formula is C11H17NO2. The lowest BCUT2D eigenvalue weighted by Crippen LogP contribution is -2.40. The Kier molecular flexibility index (Phi) is 4.48. The third-order valence-corrected chi connectivity index (χ3v) is 2.43. The predicted molar refractivity (Wildman–Crippen MR) is 54.6 cm³/mol. The molecule has 1 amide bonds. The summed E-state index contributed by atoms with van der Waals surface area (Å²) >= 11 is 0. The van der Waals surface area contributed by atoms with Crippen LogP contribution in [0.15, 0.2) is 0 Å². The fourth-order valence-corrected chi connectivity index (χ4v) is 1.52. The molecule has 1 heterocycles. The second-order valence-corrected chi connectivity index (χ2v) is 3.52. The van der Waals surface area contributed by atoms with E-state index >= 15 is 0 Å². The van der Waals surface area contributed by atoms with Crippen LogP contribution in [-0.4, -0.2) is 24.7 Å². The van der Waals surface area contributed by atoms with Crippen LogP contribution in [0.2, 0.25) is 0 Å². The van der Waals surface area contributed by atoms with Crippen molar-refractivity contribution in [1.29, 1.82) is 0 Å². The quantitative estimate of drug-likeness (QED) is 0.682. The molecule has 3 nitrogen and oxygen atoms in total. The zero-order chi connectivity index (χ0) is 10.4. The number of ether oxygens (including phenoxy) is 1. The van der Waals surface area contributed by atoms with Crippen LogP contribution in [0.4, 0.5) is 0 Å². The molecule has 2 unspecified atom stereocenters. The van der Waals surface area contributed by atoms with E-state index in [-0.39, 0.29) is 18.1 Å². The molecule has 2 atom stereocenters. The monoisotopic (exact) mass is 195 g/mol. The molecule has 0 aromatic carbocycles. The van der Waals surface area contributed by atoms with Crippen molar-refractivity contribution in [1.82, 2.24) is 5.32 Å². The highest BCUT2D eigenvalue weighted by Crippen LogP contribution is 2.12. The van der Waals surface area contributed by atoms with Gasteiger partial charge in [0.1, 0.15) is 6.10 Å². The second-order valence-electron chi connectivity index (χ2n) is 3.52. The van der Waals surface area contributed by atoms with Gasteiger partial charge >= 0.3 is 0 Å². The molecule has 1 aliphatic rings. The van der Waals surface area contributed by atoms with Gasteiger partial charge in [0.25, 0.3) is 0 Å². The number of carbonyl (C=O) groups is 1. The minimum atomic E-state index is -0.248. The van der Waals surface area contributed by atoms with E-state index in [0.717, 1.165) is 19.3 Å². The predicted octanol–water partition coefficient (Wildman–Crippen LogP) is 1.08. The molecule has 78 valence electrons. The molecule has 3 heteroatoms.